The maximum atomic E-state index is 12.7. The second-order valence-electron chi connectivity index (χ2n) is 4.99. The molecule has 0 saturated heterocycles. The van der Waals surface area contributed by atoms with E-state index in [1.165, 1.54) is 6.33 Å². The molecule has 6 nitrogen and oxygen atoms in total. The minimum Gasteiger partial charge on any atom is -0.398 e. The molecule has 1 unspecified atom stereocenters. The zero-order valence-corrected chi connectivity index (χ0v) is 11.4. The molecule has 2 N–H and O–H groups in total. The Morgan fingerprint density at radius 2 is 2.30 bits per heavy atom. The van der Waals surface area contributed by atoms with Crippen LogP contribution in [0, 0.1) is 0 Å². The molecule has 1 atom stereocenters. The van der Waals surface area contributed by atoms with Crippen molar-refractivity contribution < 1.29 is 4.79 Å². The third-order valence-electron chi connectivity index (χ3n) is 3.74. The summed E-state index contributed by atoms with van der Waals surface area (Å²) in [5, 5.41) is 4.04. The molecular weight excluding hydrogens is 254 g/mol. The summed E-state index contributed by atoms with van der Waals surface area (Å²) in [7, 11) is 0. The molecule has 2 heterocycles. The van der Waals surface area contributed by atoms with Gasteiger partial charge in [0.1, 0.15) is 18.7 Å². The first-order chi connectivity index (χ1) is 9.68. The van der Waals surface area contributed by atoms with E-state index in [1.807, 2.05) is 30.0 Å². The number of nitrogens with zero attached hydrogens (tertiary/aromatic N) is 4. The Kier molecular flexibility index (Phi) is 3.14. The lowest BCUT2D eigenvalue weighted by Crippen LogP contribution is -2.40. The highest BCUT2D eigenvalue weighted by Gasteiger charge is 2.28. The van der Waals surface area contributed by atoms with Crippen LogP contribution in [0.5, 0.6) is 0 Å². The predicted octanol–water partition coefficient (Wildman–Crippen LogP) is 1.40. The highest BCUT2D eigenvalue weighted by Crippen LogP contribution is 2.32. The van der Waals surface area contributed by atoms with E-state index in [2.05, 4.69) is 10.1 Å². The maximum Gasteiger partial charge on any atom is 0.251 e. The fourth-order valence-electron chi connectivity index (χ4n) is 2.64. The van der Waals surface area contributed by atoms with Gasteiger partial charge in [0.2, 0.25) is 0 Å². The van der Waals surface area contributed by atoms with E-state index in [9.17, 15) is 4.79 Å². The fraction of sp³-hybridized carbons (Fsp3) is 0.357. The number of aromatic nitrogens is 3. The number of nitrogens with two attached hydrogens (primary N) is 1. The second-order valence-corrected chi connectivity index (χ2v) is 4.99. The average molecular weight is 271 g/mol. The van der Waals surface area contributed by atoms with Gasteiger partial charge in [0.25, 0.3) is 5.91 Å². The van der Waals surface area contributed by atoms with E-state index < -0.39 is 0 Å². The maximum absolute atomic E-state index is 12.7. The number of hydrogen-bond donors (Lipinski definition) is 1. The summed E-state index contributed by atoms with van der Waals surface area (Å²) >= 11 is 0. The number of hydrogen-bond acceptors (Lipinski definition) is 4. The molecule has 1 aliphatic rings. The number of fused-ring (bicyclic) bond motifs is 1. The van der Waals surface area contributed by atoms with E-state index in [4.69, 9.17) is 5.73 Å². The first-order valence-electron chi connectivity index (χ1n) is 6.71. The molecule has 0 radical (unpaired) electrons. The Hall–Kier alpha value is -2.37. The van der Waals surface area contributed by atoms with E-state index in [-0.39, 0.29) is 11.9 Å². The first-order valence-corrected chi connectivity index (χ1v) is 6.71. The van der Waals surface area contributed by atoms with Crippen molar-refractivity contribution in [2.75, 3.05) is 17.2 Å². The molecule has 2 aromatic rings. The van der Waals surface area contributed by atoms with Gasteiger partial charge < -0.3 is 10.6 Å². The van der Waals surface area contributed by atoms with Crippen molar-refractivity contribution in [2.45, 2.75) is 25.8 Å². The van der Waals surface area contributed by atoms with Gasteiger partial charge in [-0.15, -0.1) is 0 Å². The number of benzene rings is 1. The number of amides is 1. The van der Waals surface area contributed by atoms with Gasteiger partial charge in [-0.05, 0) is 37.5 Å². The number of carbonyl (C=O) groups excluding carboxylic acids is 1. The molecule has 0 fully saturated rings. The SMILES string of the molecule is CC(C(=O)N1CCCc2c(N)cccc21)n1cncn1. The quantitative estimate of drug-likeness (QED) is 0.838. The standard InChI is InChI=1S/C14H17N5O/c1-10(19-9-16-8-17-19)14(20)18-7-3-4-11-12(15)5-2-6-13(11)18/h2,5-6,8-10H,3-4,7,15H2,1H3. The van der Waals surface area contributed by atoms with Crippen LogP contribution in [0.1, 0.15) is 24.9 Å². The van der Waals surface area contributed by atoms with Gasteiger partial charge in [-0.3, -0.25) is 4.79 Å². The molecule has 20 heavy (non-hydrogen) atoms. The molecule has 1 aromatic carbocycles. The summed E-state index contributed by atoms with van der Waals surface area (Å²) in [6.07, 6.45) is 4.85. The highest BCUT2D eigenvalue weighted by molar-refractivity contribution is 5.97. The Morgan fingerprint density at radius 3 is 3.05 bits per heavy atom. The Morgan fingerprint density at radius 1 is 1.45 bits per heavy atom. The topological polar surface area (TPSA) is 77.0 Å². The van der Waals surface area contributed by atoms with Gasteiger partial charge in [0, 0.05) is 17.9 Å². The third kappa shape index (κ3) is 2.03. The van der Waals surface area contributed by atoms with Gasteiger partial charge >= 0.3 is 0 Å². The van der Waals surface area contributed by atoms with Crippen LogP contribution in [0.15, 0.2) is 30.9 Å². The van der Waals surface area contributed by atoms with Gasteiger partial charge in [-0.2, -0.15) is 5.10 Å². The number of anilines is 2. The Bertz CT molecular complexity index is 622. The monoisotopic (exact) mass is 271 g/mol. The largest absolute Gasteiger partial charge is 0.398 e. The van der Waals surface area contributed by atoms with Gasteiger partial charge in [0.15, 0.2) is 0 Å². The molecular formula is C14H17N5O. The smallest absolute Gasteiger partial charge is 0.251 e. The van der Waals surface area contributed by atoms with Crippen LogP contribution in [0.2, 0.25) is 0 Å². The molecule has 104 valence electrons. The number of rotatable bonds is 2. The average Bonchev–Trinajstić information content (AvgIpc) is 3.00. The third-order valence-corrected chi connectivity index (χ3v) is 3.74. The van der Waals surface area contributed by atoms with Gasteiger partial charge in [-0.25, -0.2) is 9.67 Å². The van der Waals surface area contributed by atoms with E-state index in [1.54, 1.807) is 11.0 Å². The molecule has 1 aromatic heterocycles. The van der Waals surface area contributed by atoms with Crippen molar-refractivity contribution in [2.24, 2.45) is 0 Å². The normalized spacial score (nSPS) is 15.8. The summed E-state index contributed by atoms with van der Waals surface area (Å²) < 4.78 is 1.57. The van der Waals surface area contributed by atoms with Gasteiger partial charge in [-0.1, -0.05) is 6.07 Å². The first kappa shape index (κ1) is 12.7. The molecule has 6 heteroatoms. The molecule has 1 aliphatic heterocycles. The predicted molar refractivity (Wildman–Crippen MR) is 76.3 cm³/mol. The second kappa shape index (κ2) is 4.96. The Balaban J connectivity index is 1.93. The lowest BCUT2D eigenvalue weighted by molar-refractivity contribution is -0.121. The minimum absolute atomic E-state index is 0.0158. The van der Waals surface area contributed by atoms with Crippen LogP contribution in [0.25, 0.3) is 0 Å². The van der Waals surface area contributed by atoms with Crippen LogP contribution in [-0.4, -0.2) is 27.2 Å². The lowest BCUT2D eigenvalue weighted by atomic mass is 9.99. The Labute approximate surface area is 117 Å². The van der Waals surface area contributed by atoms with Crippen LogP contribution < -0.4 is 10.6 Å². The summed E-state index contributed by atoms with van der Waals surface area (Å²) in [4.78, 5) is 18.4. The van der Waals surface area contributed by atoms with Crippen molar-refractivity contribution in [3.05, 3.63) is 36.4 Å². The van der Waals surface area contributed by atoms with Crippen LogP contribution >= 0.6 is 0 Å². The van der Waals surface area contributed by atoms with Crippen LogP contribution in [0.3, 0.4) is 0 Å². The van der Waals surface area contributed by atoms with Crippen molar-refractivity contribution in [1.82, 2.24) is 14.8 Å². The van der Waals surface area contributed by atoms with Crippen molar-refractivity contribution >= 4 is 17.3 Å². The van der Waals surface area contributed by atoms with Crippen LogP contribution in [-0.2, 0) is 11.2 Å². The molecule has 0 spiro atoms. The van der Waals surface area contributed by atoms with Gasteiger partial charge in [0.05, 0.1) is 0 Å². The highest BCUT2D eigenvalue weighted by atomic mass is 16.2. The molecule has 3 rings (SSSR count). The zero-order valence-electron chi connectivity index (χ0n) is 11.4. The van der Waals surface area contributed by atoms with E-state index >= 15 is 0 Å². The van der Waals surface area contributed by atoms with Crippen molar-refractivity contribution in [3.8, 4) is 0 Å². The summed E-state index contributed by atoms with van der Waals surface area (Å²) in [6, 6.07) is 5.36. The molecule has 0 aliphatic carbocycles. The zero-order chi connectivity index (χ0) is 14.1. The summed E-state index contributed by atoms with van der Waals surface area (Å²) in [6.45, 7) is 2.55. The molecule has 0 bridgehead atoms. The molecule has 0 saturated carbocycles. The van der Waals surface area contributed by atoms with E-state index in [0.717, 1.165) is 29.8 Å². The minimum atomic E-state index is -0.370. The van der Waals surface area contributed by atoms with Crippen LogP contribution in [0.4, 0.5) is 11.4 Å². The summed E-state index contributed by atoms with van der Waals surface area (Å²) in [5.41, 5.74) is 8.76. The van der Waals surface area contributed by atoms with E-state index in [0.29, 0.717) is 6.54 Å². The van der Waals surface area contributed by atoms with Crippen molar-refractivity contribution in [3.63, 3.8) is 0 Å². The lowest BCUT2D eigenvalue weighted by Gasteiger charge is -2.32. The number of nitrogen functional groups attached to an aromatic ring is 1. The molecule has 1 amide bonds. The van der Waals surface area contributed by atoms with Crippen molar-refractivity contribution in [1.29, 1.82) is 0 Å². The fourth-order valence-corrected chi connectivity index (χ4v) is 2.64. The summed E-state index contributed by atoms with van der Waals surface area (Å²) in [5.74, 6) is 0.0158. The number of carbonyl (C=O) groups is 1.